The second-order valence-electron chi connectivity index (χ2n) is 10.2. The van der Waals surface area contributed by atoms with Crippen molar-refractivity contribution in [2.45, 2.75) is 19.1 Å². The number of hydrogen-bond acceptors (Lipinski definition) is 4. The van der Waals surface area contributed by atoms with Gasteiger partial charge in [0.25, 0.3) is 0 Å². The molecule has 0 unspecified atom stereocenters. The van der Waals surface area contributed by atoms with Crippen molar-refractivity contribution in [2.24, 2.45) is 0 Å². The number of halogens is 5. The number of anilines is 1. The number of hydrogen-bond donors (Lipinski definition) is 2. The fourth-order valence-corrected chi connectivity index (χ4v) is 6.19. The SMILES string of the molecule is O=C(O)c1ccc(Cn2cc(-c3ccc(Cl)cc3Cl)nc2Cc2ccc(-c3cccc(NS(=O)(=O)CC(F)(F)F)c3)cc2)cc1. The van der Waals surface area contributed by atoms with Crippen molar-refractivity contribution in [1.82, 2.24) is 9.55 Å². The van der Waals surface area contributed by atoms with E-state index in [4.69, 9.17) is 28.2 Å². The summed E-state index contributed by atoms with van der Waals surface area (Å²) in [7, 11) is -4.61. The van der Waals surface area contributed by atoms with Crippen molar-refractivity contribution in [2.75, 3.05) is 10.5 Å². The largest absolute Gasteiger partial charge is 0.478 e. The molecule has 0 spiro atoms. The van der Waals surface area contributed by atoms with E-state index in [1.807, 2.05) is 39.8 Å². The Labute approximate surface area is 266 Å². The van der Waals surface area contributed by atoms with Gasteiger partial charge in [-0.3, -0.25) is 4.72 Å². The highest BCUT2D eigenvalue weighted by molar-refractivity contribution is 7.92. The molecule has 0 fully saturated rings. The van der Waals surface area contributed by atoms with Crippen molar-refractivity contribution in [3.05, 3.63) is 130 Å². The smallest absolute Gasteiger partial charge is 0.404 e. The van der Waals surface area contributed by atoms with Crippen LogP contribution in [0.15, 0.2) is 97.2 Å². The van der Waals surface area contributed by atoms with Gasteiger partial charge in [0.2, 0.25) is 10.0 Å². The van der Waals surface area contributed by atoms with E-state index in [1.165, 1.54) is 12.1 Å². The molecule has 0 radical (unpaired) electrons. The molecule has 5 aromatic rings. The zero-order valence-electron chi connectivity index (χ0n) is 23.2. The Morgan fingerprint density at radius 3 is 2.22 bits per heavy atom. The molecule has 4 aromatic carbocycles. The van der Waals surface area contributed by atoms with Crippen LogP contribution in [0.3, 0.4) is 0 Å². The number of imidazole rings is 1. The van der Waals surface area contributed by atoms with Crippen LogP contribution < -0.4 is 4.72 Å². The number of carboxylic acid groups (broad SMARTS) is 1. The van der Waals surface area contributed by atoms with Crippen molar-refractivity contribution < 1.29 is 31.5 Å². The number of carbonyl (C=O) groups is 1. The van der Waals surface area contributed by atoms with Gasteiger partial charge in [-0.1, -0.05) is 71.7 Å². The van der Waals surface area contributed by atoms with Crippen LogP contribution in [0.2, 0.25) is 10.0 Å². The predicted octanol–water partition coefficient (Wildman–Crippen LogP) is 8.17. The number of nitrogens with zero attached hydrogens (tertiary/aromatic N) is 2. The molecule has 1 aromatic heterocycles. The molecular weight excluding hydrogens is 650 g/mol. The Kier molecular flexibility index (Phi) is 9.24. The Hall–Kier alpha value is -4.32. The van der Waals surface area contributed by atoms with E-state index < -0.39 is 27.9 Å². The van der Waals surface area contributed by atoms with Gasteiger partial charge in [-0.2, -0.15) is 13.2 Å². The molecule has 5 rings (SSSR count). The average molecular weight is 675 g/mol. The topological polar surface area (TPSA) is 101 Å². The lowest BCUT2D eigenvalue weighted by molar-refractivity contribution is -0.106. The Balaban J connectivity index is 1.40. The third kappa shape index (κ3) is 8.44. The summed E-state index contributed by atoms with van der Waals surface area (Å²) in [4.78, 5) is 16.1. The molecule has 13 heteroatoms. The molecule has 0 aliphatic heterocycles. The van der Waals surface area contributed by atoms with Gasteiger partial charge in [-0.15, -0.1) is 0 Å². The summed E-state index contributed by atoms with van der Waals surface area (Å²) in [6, 6.07) is 25.3. The van der Waals surface area contributed by atoms with E-state index in [9.17, 15) is 31.5 Å². The van der Waals surface area contributed by atoms with Crippen molar-refractivity contribution in [3.8, 4) is 22.4 Å². The minimum absolute atomic E-state index is 0.0210. The van der Waals surface area contributed by atoms with E-state index in [1.54, 1.807) is 54.6 Å². The number of aromatic nitrogens is 2. The quantitative estimate of drug-likeness (QED) is 0.156. The van der Waals surface area contributed by atoms with Gasteiger partial charge in [0.1, 0.15) is 5.82 Å². The molecule has 7 nitrogen and oxygen atoms in total. The summed E-state index contributed by atoms with van der Waals surface area (Å²) in [5.74, 6) is -2.27. The third-order valence-corrected chi connectivity index (χ3v) is 8.56. The molecule has 0 saturated heterocycles. The number of carboxylic acids is 1. The lowest BCUT2D eigenvalue weighted by atomic mass is 10.0. The Morgan fingerprint density at radius 2 is 1.58 bits per heavy atom. The first kappa shape index (κ1) is 32.1. The maximum absolute atomic E-state index is 12.6. The Morgan fingerprint density at radius 1 is 0.889 bits per heavy atom. The second-order valence-corrected chi connectivity index (χ2v) is 12.8. The zero-order chi connectivity index (χ0) is 32.4. The molecule has 0 amide bonds. The number of benzene rings is 4. The molecular formula is C32H24Cl2F3N3O4S. The van der Waals surface area contributed by atoms with E-state index in [0.29, 0.717) is 45.7 Å². The fourth-order valence-electron chi connectivity index (χ4n) is 4.70. The molecule has 0 aliphatic carbocycles. The highest BCUT2D eigenvalue weighted by atomic mass is 35.5. The van der Waals surface area contributed by atoms with Gasteiger partial charge in [-0.05, 0) is 64.7 Å². The monoisotopic (exact) mass is 673 g/mol. The van der Waals surface area contributed by atoms with Crippen molar-refractivity contribution >= 4 is 44.9 Å². The maximum Gasteiger partial charge on any atom is 0.404 e. The van der Waals surface area contributed by atoms with E-state index in [2.05, 4.69) is 0 Å². The van der Waals surface area contributed by atoms with Crippen LogP contribution >= 0.6 is 23.2 Å². The fraction of sp³-hybridized carbons (Fsp3) is 0.125. The van der Waals surface area contributed by atoms with Gasteiger partial charge in [0.05, 0.1) is 16.3 Å². The molecule has 45 heavy (non-hydrogen) atoms. The number of alkyl halides is 3. The maximum atomic E-state index is 12.6. The first-order valence-electron chi connectivity index (χ1n) is 13.3. The van der Waals surface area contributed by atoms with Crippen LogP contribution in [-0.2, 0) is 23.0 Å². The van der Waals surface area contributed by atoms with Gasteiger partial charge in [0, 0.05) is 35.4 Å². The summed E-state index contributed by atoms with van der Waals surface area (Å²) >= 11 is 12.6. The van der Waals surface area contributed by atoms with E-state index in [-0.39, 0.29) is 11.3 Å². The highest BCUT2D eigenvalue weighted by Gasteiger charge is 2.35. The second kappa shape index (κ2) is 13.0. The normalized spacial score (nSPS) is 11.8. The Bertz CT molecular complexity index is 1960. The molecule has 2 N–H and O–H groups in total. The minimum atomic E-state index is -4.86. The summed E-state index contributed by atoms with van der Waals surface area (Å²) in [6.45, 7) is 0.419. The van der Waals surface area contributed by atoms with Gasteiger partial charge < -0.3 is 9.67 Å². The standard InChI is InChI=1S/C32H24Cl2F3N3O4S/c33-25-12-13-27(28(34)16-25)29-18-40(17-21-6-10-23(11-7-21)31(41)42)30(38-29)14-20-4-8-22(9-5-20)24-2-1-3-26(15-24)39-45(43,44)19-32(35,36)37/h1-13,15-16,18,39H,14,17,19H2,(H,41,42). The summed E-state index contributed by atoms with van der Waals surface area (Å²) in [5, 5.41) is 10.2. The third-order valence-electron chi connectivity index (χ3n) is 6.76. The van der Waals surface area contributed by atoms with E-state index >= 15 is 0 Å². The van der Waals surface area contributed by atoms with E-state index in [0.717, 1.165) is 16.7 Å². The van der Waals surface area contributed by atoms with Gasteiger partial charge in [-0.25, -0.2) is 18.2 Å². The van der Waals surface area contributed by atoms with Crippen LogP contribution in [0.25, 0.3) is 22.4 Å². The highest BCUT2D eigenvalue weighted by Crippen LogP contribution is 2.31. The van der Waals surface area contributed by atoms with Crippen LogP contribution in [-0.4, -0.2) is 41.0 Å². The van der Waals surface area contributed by atoms with Crippen LogP contribution in [0.1, 0.15) is 27.3 Å². The molecule has 0 aliphatic rings. The number of nitrogens with one attached hydrogen (secondary N) is 1. The minimum Gasteiger partial charge on any atom is -0.478 e. The van der Waals surface area contributed by atoms with Crippen LogP contribution in [0.4, 0.5) is 18.9 Å². The summed E-state index contributed by atoms with van der Waals surface area (Å²) in [6.07, 6.45) is -2.56. The first-order valence-corrected chi connectivity index (χ1v) is 15.8. The number of sulfonamides is 1. The van der Waals surface area contributed by atoms with Gasteiger partial charge in [0.15, 0.2) is 5.75 Å². The molecule has 0 bridgehead atoms. The van der Waals surface area contributed by atoms with Crippen LogP contribution in [0, 0.1) is 0 Å². The average Bonchev–Trinajstić information content (AvgIpc) is 3.33. The predicted molar refractivity (Wildman–Crippen MR) is 168 cm³/mol. The zero-order valence-corrected chi connectivity index (χ0v) is 25.6. The molecule has 0 saturated carbocycles. The van der Waals surface area contributed by atoms with Crippen molar-refractivity contribution in [1.29, 1.82) is 0 Å². The summed E-state index contributed by atoms with van der Waals surface area (Å²) in [5.41, 5.74) is 4.65. The molecule has 0 atom stereocenters. The molecule has 232 valence electrons. The number of aromatic carboxylic acids is 1. The number of rotatable bonds is 10. The summed E-state index contributed by atoms with van der Waals surface area (Å²) < 4.78 is 65.7. The van der Waals surface area contributed by atoms with Gasteiger partial charge >= 0.3 is 12.1 Å². The first-order chi connectivity index (χ1) is 21.2. The lowest BCUT2D eigenvalue weighted by Gasteiger charge is -2.12. The van der Waals surface area contributed by atoms with Crippen LogP contribution in [0.5, 0.6) is 0 Å². The van der Waals surface area contributed by atoms with Crippen molar-refractivity contribution in [3.63, 3.8) is 0 Å². The lowest BCUT2D eigenvalue weighted by Crippen LogP contribution is -2.27. The molecule has 1 heterocycles.